The third kappa shape index (κ3) is 2.69. The molecule has 0 bridgehead atoms. The van der Waals surface area contributed by atoms with Gasteiger partial charge in [0.2, 0.25) is 0 Å². The molecule has 0 aliphatic carbocycles. The largest absolute Gasteiger partial charge is 0.487 e. The standard InChI is InChI=1S/C16H16O6/c1-9(17)20-8-16(2,19)14-6-11-5-10-3-4-15(18)22-12(10)7-13(11)21-14/h3-5,7,14,19H,6,8H2,1-2H3/t14-,16+/m0/s1. The summed E-state index contributed by atoms with van der Waals surface area (Å²) in [5.41, 5.74) is -0.387. The van der Waals surface area contributed by atoms with Gasteiger partial charge in [0.1, 0.15) is 29.6 Å². The van der Waals surface area contributed by atoms with Crippen LogP contribution in [0.1, 0.15) is 19.4 Å². The number of aliphatic hydroxyl groups is 1. The van der Waals surface area contributed by atoms with Crippen molar-refractivity contribution in [3.05, 3.63) is 40.2 Å². The molecule has 0 radical (unpaired) electrons. The van der Waals surface area contributed by atoms with Gasteiger partial charge in [-0.05, 0) is 24.6 Å². The monoisotopic (exact) mass is 304 g/mol. The molecular formula is C16H16O6. The van der Waals surface area contributed by atoms with E-state index >= 15 is 0 Å². The first kappa shape index (κ1) is 14.6. The van der Waals surface area contributed by atoms with Crippen LogP contribution in [0.15, 0.2) is 33.5 Å². The molecular weight excluding hydrogens is 288 g/mol. The van der Waals surface area contributed by atoms with Crippen LogP contribution in [-0.4, -0.2) is 29.4 Å². The summed E-state index contributed by atoms with van der Waals surface area (Å²) in [6.45, 7) is 2.71. The van der Waals surface area contributed by atoms with E-state index in [0.717, 1.165) is 10.9 Å². The molecule has 0 saturated carbocycles. The fraction of sp³-hybridized carbons (Fsp3) is 0.375. The molecule has 22 heavy (non-hydrogen) atoms. The van der Waals surface area contributed by atoms with E-state index in [0.29, 0.717) is 17.8 Å². The Morgan fingerprint density at radius 1 is 1.45 bits per heavy atom. The van der Waals surface area contributed by atoms with Crippen molar-refractivity contribution in [3.8, 4) is 5.75 Å². The molecule has 0 amide bonds. The van der Waals surface area contributed by atoms with E-state index in [2.05, 4.69) is 0 Å². The van der Waals surface area contributed by atoms with Crippen LogP contribution in [-0.2, 0) is 16.0 Å². The average molecular weight is 304 g/mol. The van der Waals surface area contributed by atoms with Crippen molar-refractivity contribution in [2.75, 3.05) is 6.61 Å². The third-order valence-electron chi connectivity index (χ3n) is 3.74. The summed E-state index contributed by atoms with van der Waals surface area (Å²) in [6.07, 6.45) is -0.0519. The Bertz CT molecular complexity index is 789. The Balaban J connectivity index is 1.87. The van der Waals surface area contributed by atoms with E-state index in [1.807, 2.05) is 6.07 Å². The van der Waals surface area contributed by atoms with Crippen molar-refractivity contribution in [2.45, 2.75) is 32.0 Å². The van der Waals surface area contributed by atoms with Gasteiger partial charge in [0, 0.05) is 30.9 Å². The summed E-state index contributed by atoms with van der Waals surface area (Å²) in [7, 11) is 0. The molecule has 2 atom stereocenters. The number of rotatable bonds is 3. The molecule has 3 rings (SSSR count). The molecule has 116 valence electrons. The van der Waals surface area contributed by atoms with Gasteiger partial charge >= 0.3 is 11.6 Å². The number of esters is 1. The molecule has 0 saturated heterocycles. The highest BCUT2D eigenvalue weighted by molar-refractivity contribution is 5.79. The van der Waals surface area contributed by atoms with Crippen LogP contribution in [0.25, 0.3) is 11.0 Å². The van der Waals surface area contributed by atoms with E-state index in [9.17, 15) is 14.7 Å². The highest BCUT2D eigenvalue weighted by atomic mass is 16.6. The first-order valence-electron chi connectivity index (χ1n) is 6.94. The van der Waals surface area contributed by atoms with E-state index in [1.165, 1.54) is 13.0 Å². The molecule has 1 aliphatic rings. The second-order valence-corrected chi connectivity index (χ2v) is 5.70. The highest BCUT2D eigenvalue weighted by Crippen LogP contribution is 2.36. The molecule has 1 aromatic heterocycles. The number of fused-ring (bicyclic) bond motifs is 2. The van der Waals surface area contributed by atoms with Crippen LogP contribution in [0.3, 0.4) is 0 Å². The minimum Gasteiger partial charge on any atom is -0.487 e. The Kier molecular flexibility index (Phi) is 3.41. The Morgan fingerprint density at radius 2 is 2.23 bits per heavy atom. The third-order valence-corrected chi connectivity index (χ3v) is 3.74. The lowest BCUT2D eigenvalue weighted by molar-refractivity contribution is -0.153. The van der Waals surface area contributed by atoms with Gasteiger partial charge in [0.25, 0.3) is 0 Å². The number of hydrogen-bond donors (Lipinski definition) is 1. The highest BCUT2D eigenvalue weighted by Gasteiger charge is 2.39. The predicted octanol–water partition coefficient (Wildman–Crippen LogP) is 1.41. The number of benzene rings is 1. The van der Waals surface area contributed by atoms with E-state index in [4.69, 9.17) is 13.9 Å². The fourth-order valence-electron chi connectivity index (χ4n) is 2.50. The minimum atomic E-state index is -1.31. The van der Waals surface area contributed by atoms with E-state index in [-0.39, 0.29) is 6.61 Å². The van der Waals surface area contributed by atoms with Crippen LogP contribution in [0.5, 0.6) is 5.75 Å². The second-order valence-electron chi connectivity index (χ2n) is 5.70. The SMILES string of the molecule is CC(=O)OC[C@@](C)(O)[C@@H]1Cc2cc3ccc(=O)oc3cc2O1. The van der Waals surface area contributed by atoms with Gasteiger partial charge in [0.15, 0.2) is 0 Å². The predicted molar refractivity (Wildman–Crippen MR) is 77.9 cm³/mol. The van der Waals surface area contributed by atoms with Gasteiger partial charge in [-0.3, -0.25) is 4.79 Å². The molecule has 0 unspecified atom stereocenters. The number of carbonyl (C=O) groups excluding carboxylic acids is 1. The molecule has 6 nitrogen and oxygen atoms in total. The maximum atomic E-state index is 11.3. The van der Waals surface area contributed by atoms with Crippen molar-refractivity contribution >= 4 is 16.9 Å². The topological polar surface area (TPSA) is 86.0 Å². The molecule has 1 aliphatic heterocycles. The van der Waals surface area contributed by atoms with Gasteiger partial charge in [-0.2, -0.15) is 0 Å². The number of carbonyl (C=O) groups is 1. The van der Waals surface area contributed by atoms with Gasteiger partial charge in [0.05, 0.1) is 0 Å². The molecule has 0 spiro atoms. The smallest absolute Gasteiger partial charge is 0.336 e. The van der Waals surface area contributed by atoms with Gasteiger partial charge in [-0.25, -0.2) is 4.79 Å². The average Bonchev–Trinajstić information content (AvgIpc) is 2.86. The molecule has 0 fully saturated rings. The van der Waals surface area contributed by atoms with Crippen molar-refractivity contribution in [1.82, 2.24) is 0 Å². The normalized spacial score (nSPS) is 19.3. The van der Waals surface area contributed by atoms with Crippen LogP contribution >= 0.6 is 0 Å². The molecule has 1 aromatic carbocycles. The molecule has 1 N–H and O–H groups in total. The van der Waals surface area contributed by atoms with Crippen LogP contribution < -0.4 is 10.4 Å². The zero-order valence-electron chi connectivity index (χ0n) is 12.3. The maximum Gasteiger partial charge on any atom is 0.336 e. The first-order chi connectivity index (χ1) is 10.3. The first-order valence-corrected chi connectivity index (χ1v) is 6.94. The fourth-order valence-corrected chi connectivity index (χ4v) is 2.50. The quantitative estimate of drug-likeness (QED) is 0.681. The lowest BCUT2D eigenvalue weighted by Crippen LogP contribution is -2.46. The van der Waals surface area contributed by atoms with E-state index < -0.39 is 23.3 Å². The lowest BCUT2D eigenvalue weighted by atomic mass is 9.95. The van der Waals surface area contributed by atoms with Crippen molar-refractivity contribution in [1.29, 1.82) is 0 Å². The summed E-state index contributed by atoms with van der Waals surface area (Å²) in [5.74, 6) is 0.109. The Morgan fingerprint density at radius 3 is 2.95 bits per heavy atom. The molecule has 6 heteroatoms. The van der Waals surface area contributed by atoms with Crippen LogP contribution in [0, 0.1) is 0 Å². The Hall–Kier alpha value is -2.34. The second kappa shape index (κ2) is 5.14. The van der Waals surface area contributed by atoms with Crippen LogP contribution in [0.2, 0.25) is 0 Å². The van der Waals surface area contributed by atoms with Crippen molar-refractivity contribution in [2.24, 2.45) is 0 Å². The lowest BCUT2D eigenvalue weighted by Gasteiger charge is -2.28. The van der Waals surface area contributed by atoms with Crippen molar-refractivity contribution in [3.63, 3.8) is 0 Å². The molecule has 2 aromatic rings. The summed E-state index contributed by atoms with van der Waals surface area (Å²) in [4.78, 5) is 22.2. The van der Waals surface area contributed by atoms with Crippen LogP contribution in [0.4, 0.5) is 0 Å². The zero-order valence-corrected chi connectivity index (χ0v) is 12.3. The maximum absolute atomic E-state index is 11.3. The van der Waals surface area contributed by atoms with E-state index in [1.54, 1.807) is 19.1 Å². The number of ether oxygens (including phenoxy) is 2. The van der Waals surface area contributed by atoms with Gasteiger partial charge in [-0.15, -0.1) is 0 Å². The van der Waals surface area contributed by atoms with Crippen molar-refractivity contribution < 1.29 is 23.8 Å². The van der Waals surface area contributed by atoms with Gasteiger partial charge in [-0.1, -0.05) is 0 Å². The summed E-state index contributed by atoms with van der Waals surface area (Å²) >= 11 is 0. The summed E-state index contributed by atoms with van der Waals surface area (Å²) in [6, 6.07) is 6.56. The minimum absolute atomic E-state index is 0.143. The summed E-state index contributed by atoms with van der Waals surface area (Å²) < 4.78 is 15.8. The number of hydrogen-bond acceptors (Lipinski definition) is 6. The molecule has 2 heterocycles. The zero-order chi connectivity index (χ0) is 15.9. The Labute approximate surface area is 126 Å². The summed E-state index contributed by atoms with van der Waals surface area (Å²) in [5, 5.41) is 11.2. The van der Waals surface area contributed by atoms with Gasteiger partial charge < -0.3 is 19.0 Å².